The normalized spacial score (nSPS) is 17.7. The molecule has 1 heterocycles. The molecule has 0 saturated carbocycles. The fourth-order valence-corrected chi connectivity index (χ4v) is 6.99. The monoisotopic (exact) mass is 625 g/mol. The Balaban J connectivity index is 0.00000684. The third-order valence-electron chi connectivity index (χ3n) is 6.44. The van der Waals surface area contributed by atoms with Crippen LogP contribution in [0.25, 0.3) is 0 Å². The summed E-state index contributed by atoms with van der Waals surface area (Å²) in [5, 5.41) is 6.70. The van der Waals surface area contributed by atoms with Gasteiger partial charge in [-0.25, -0.2) is 0 Å². The fraction of sp³-hybridized carbons (Fsp3) is 0.667. The van der Waals surface area contributed by atoms with Gasteiger partial charge in [0, 0.05) is 49.5 Å². The van der Waals surface area contributed by atoms with E-state index in [1.54, 1.807) is 0 Å². The number of halogens is 3. The lowest BCUT2D eigenvalue weighted by atomic mass is 9.96. The lowest BCUT2D eigenvalue weighted by Crippen LogP contribution is -2.51. The third-order valence-corrected chi connectivity index (χ3v) is 10.7. The van der Waals surface area contributed by atoms with E-state index >= 15 is 0 Å². The molecule has 0 bridgehead atoms. The van der Waals surface area contributed by atoms with Crippen molar-refractivity contribution in [1.29, 1.82) is 0 Å². The maximum atomic E-state index is 13.2. The fourth-order valence-electron chi connectivity index (χ4n) is 4.38. The first-order chi connectivity index (χ1) is 16.7. The molecule has 0 aliphatic carbocycles. The van der Waals surface area contributed by atoms with Crippen molar-refractivity contribution in [3.63, 3.8) is 0 Å². The number of piperidine rings is 1. The largest absolute Gasteiger partial charge is 0.369 e. The van der Waals surface area contributed by atoms with E-state index in [-0.39, 0.29) is 31.2 Å². The zero-order chi connectivity index (χ0) is 27.1. The summed E-state index contributed by atoms with van der Waals surface area (Å²) >= 11 is 11.7. The topological polar surface area (TPSA) is 185 Å². The second kappa shape index (κ2) is 14.8. The molecular formula is C21H36Cl3N3O8P2. The highest BCUT2D eigenvalue weighted by Crippen LogP contribution is 2.69. The molecular weight excluding hydrogens is 591 g/mol. The number of hydrogen-bond acceptors (Lipinski definition) is 6. The highest BCUT2D eigenvalue weighted by molar-refractivity contribution is 7.72. The molecule has 11 nitrogen and oxygen atoms in total. The van der Waals surface area contributed by atoms with E-state index in [0.717, 1.165) is 17.7 Å². The van der Waals surface area contributed by atoms with Gasteiger partial charge in [-0.1, -0.05) is 12.1 Å². The van der Waals surface area contributed by atoms with Crippen LogP contribution in [-0.2, 0) is 20.3 Å². The average molecular weight is 627 g/mol. The maximum Gasteiger partial charge on any atom is 0.369 e. The van der Waals surface area contributed by atoms with Crippen LogP contribution >= 0.6 is 50.8 Å². The Labute approximate surface area is 233 Å². The van der Waals surface area contributed by atoms with Crippen LogP contribution in [-0.4, -0.2) is 84.0 Å². The number of benzene rings is 1. The molecule has 7 N–H and O–H groups in total. The standard InChI is InChI=1S/C21H35Cl2N3O8P2.ClH/c22-10-13-25(14-11-23)17-6-4-16(5-7-17)15-19(24)20(27)26-12-2-1-3-18(26)8-9-21(28,35(29,30)31)36(32,33)34;/h4-7,18-19,28H,1-3,8-15,24H2,(H2,29,30,31)(H2,32,33,34);1H/t18?,19-;/m0./s1. The minimum atomic E-state index is -5.56. The Bertz CT molecular complexity index is 935. The molecule has 1 aliphatic heterocycles. The predicted octanol–water partition coefficient (Wildman–Crippen LogP) is 2.43. The number of amides is 1. The first-order valence-electron chi connectivity index (χ1n) is 11.6. The van der Waals surface area contributed by atoms with Crippen molar-refractivity contribution in [2.24, 2.45) is 5.73 Å². The number of carbonyl (C=O) groups excluding carboxylic acids is 1. The minimum absolute atomic E-state index is 0. The van der Waals surface area contributed by atoms with E-state index < -0.39 is 38.8 Å². The van der Waals surface area contributed by atoms with Crippen LogP contribution in [0.2, 0.25) is 0 Å². The molecule has 1 unspecified atom stereocenters. The number of anilines is 1. The van der Waals surface area contributed by atoms with Gasteiger partial charge in [-0.2, -0.15) is 0 Å². The molecule has 0 spiro atoms. The molecule has 1 fully saturated rings. The van der Waals surface area contributed by atoms with Crippen LogP contribution in [0.3, 0.4) is 0 Å². The lowest BCUT2D eigenvalue weighted by Gasteiger charge is -2.39. The van der Waals surface area contributed by atoms with Gasteiger partial charge in [0.2, 0.25) is 5.91 Å². The van der Waals surface area contributed by atoms with Crippen molar-refractivity contribution < 1.29 is 38.6 Å². The summed E-state index contributed by atoms with van der Waals surface area (Å²) in [5.41, 5.74) is 8.00. The zero-order valence-electron chi connectivity index (χ0n) is 20.2. The molecule has 0 aromatic heterocycles. The number of hydrogen-bond donors (Lipinski definition) is 6. The second-order valence-corrected chi connectivity index (χ2v) is 13.7. The van der Waals surface area contributed by atoms with Gasteiger partial charge in [0.1, 0.15) is 0 Å². The second-order valence-electron chi connectivity index (χ2n) is 8.92. The summed E-state index contributed by atoms with van der Waals surface area (Å²) in [6.07, 6.45) is 1.06. The summed E-state index contributed by atoms with van der Waals surface area (Å²) < 4.78 is 23.3. The van der Waals surface area contributed by atoms with Gasteiger partial charge in [0.15, 0.2) is 0 Å². The number of nitrogens with two attached hydrogens (primary N) is 1. The van der Waals surface area contributed by atoms with Crippen LogP contribution in [0, 0.1) is 0 Å². The van der Waals surface area contributed by atoms with E-state index in [0.29, 0.717) is 44.2 Å². The van der Waals surface area contributed by atoms with E-state index in [1.165, 1.54) is 4.90 Å². The number of nitrogens with zero attached hydrogens (tertiary/aromatic N) is 2. The molecule has 1 aliphatic rings. The molecule has 37 heavy (non-hydrogen) atoms. The van der Waals surface area contributed by atoms with Crippen LogP contribution in [0.1, 0.15) is 37.7 Å². The van der Waals surface area contributed by atoms with Gasteiger partial charge in [-0.15, -0.1) is 35.6 Å². The molecule has 1 aromatic carbocycles. The van der Waals surface area contributed by atoms with Crippen molar-refractivity contribution in [2.75, 3.05) is 36.3 Å². The van der Waals surface area contributed by atoms with Gasteiger partial charge in [0.25, 0.3) is 5.08 Å². The molecule has 214 valence electrons. The number of carbonyl (C=O) groups is 1. The number of rotatable bonds is 13. The molecule has 2 atom stereocenters. The van der Waals surface area contributed by atoms with Crippen molar-refractivity contribution in [3.05, 3.63) is 29.8 Å². The highest BCUT2D eigenvalue weighted by atomic mass is 35.5. The van der Waals surface area contributed by atoms with Crippen LogP contribution in [0.15, 0.2) is 24.3 Å². The summed E-state index contributed by atoms with van der Waals surface area (Å²) in [6.45, 7) is 1.63. The van der Waals surface area contributed by atoms with Gasteiger partial charge in [-0.3, -0.25) is 13.9 Å². The molecule has 1 amide bonds. The van der Waals surface area contributed by atoms with Crippen molar-refractivity contribution in [3.8, 4) is 0 Å². The van der Waals surface area contributed by atoms with Crippen molar-refractivity contribution in [1.82, 2.24) is 4.90 Å². The number of alkyl halides is 2. The molecule has 1 saturated heterocycles. The first-order valence-corrected chi connectivity index (χ1v) is 15.9. The van der Waals surface area contributed by atoms with Gasteiger partial charge < -0.3 is 40.2 Å². The Hall–Kier alpha value is -0.420. The Morgan fingerprint density at radius 3 is 2.11 bits per heavy atom. The van der Waals surface area contributed by atoms with E-state index in [9.17, 15) is 38.6 Å². The zero-order valence-corrected chi connectivity index (χ0v) is 24.4. The van der Waals surface area contributed by atoms with Gasteiger partial charge in [0.05, 0.1) is 6.04 Å². The van der Waals surface area contributed by atoms with E-state index in [1.807, 2.05) is 29.2 Å². The Morgan fingerprint density at radius 1 is 1.08 bits per heavy atom. The van der Waals surface area contributed by atoms with Crippen molar-refractivity contribution in [2.45, 2.75) is 55.7 Å². The van der Waals surface area contributed by atoms with E-state index in [2.05, 4.69) is 0 Å². The van der Waals surface area contributed by atoms with Crippen LogP contribution in [0.5, 0.6) is 0 Å². The molecule has 0 radical (unpaired) electrons. The Kier molecular flexibility index (Phi) is 13.9. The first kappa shape index (κ1) is 34.6. The summed E-state index contributed by atoms with van der Waals surface area (Å²) in [5.74, 6) is 0.536. The molecule has 1 aromatic rings. The minimum Gasteiger partial charge on any atom is -0.369 e. The third kappa shape index (κ3) is 9.05. The van der Waals surface area contributed by atoms with Crippen LogP contribution in [0.4, 0.5) is 5.69 Å². The van der Waals surface area contributed by atoms with Gasteiger partial charge in [-0.05, 0) is 49.8 Å². The summed E-state index contributed by atoms with van der Waals surface area (Å²) in [6, 6.07) is 6.09. The highest BCUT2D eigenvalue weighted by Gasteiger charge is 2.59. The molecule has 2 rings (SSSR count). The predicted molar refractivity (Wildman–Crippen MR) is 147 cm³/mol. The summed E-state index contributed by atoms with van der Waals surface area (Å²) in [4.78, 5) is 54.3. The summed E-state index contributed by atoms with van der Waals surface area (Å²) in [7, 11) is -11.1. The number of likely N-dealkylation sites (tertiary alicyclic amines) is 1. The van der Waals surface area contributed by atoms with Gasteiger partial charge >= 0.3 is 15.2 Å². The van der Waals surface area contributed by atoms with Crippen LogP contribution < -0.4 is 10.6 Å². The number of aliphatic hydroxyl groups is 1. The van der Waals surface area contributed by atoms with Crippen molar-refractivity contribution >= 4 is 62.4 Å². The van der Waals surface area contributed by atoms with E-state index in [4.69, 9.17) is 28.9 Å². The molecule has 16 heteroatoms. The SMILES string of the molecule is Cl.N[C@@H](Cc1ccc(N(CCCl)CCCl)cc1)C(=O)N1CCCCC1CCC(O)(P(=O)(O)O)P(=O)(O)O. The lowest BCUT2D eigenvalue weighted by molar-refractivity contribution is -0.136. The maximum absolute atomic E-state index is 13.2. The quantitative estimate of drug-likeness (QED) is 0.140. The Morgan fingerprint density at radius 2 is 1.62 bits per heavy atom. The smallest absolute Gasteiger partial charge is 0.369 e. The average Bonchev–Trinajstić information content (AvgIpc) is 2.81.